The van der Waals surface area contributed by atoms with Crippen molar-refractivity contribution in [3.8, 4) is 17.6 Å². The van der Waals surface area contributed by atoms with Crippen molar-refractivity contribution >= 4 is 11.5 Å². The van der Waals surface area contributed by atoms with Gasteiger partial charge in [0, 0.05) is 12.8 Å². The third-order valence-electron chi connectivity index (χ3n) is 5.69. The molecule has 1 atom stereocenters. The molecular weight excluding hydrogens is 509 g/mol. The quantitative estimate of drug-likeness (QED) is 0.326. The van der Waals surface area contributed by atoms with E-state index in [2.05, 4.69) is 0 Å². The van der Waals surface area contributed by atoms with Crippen LogP contribution in [0.15, 0.2) is 48.0 Å². The minimum absolute atomic E-state index is 0.0347. The second kappa shape index (κ2) is 10.7. The normalized spacial score (nSPS) is 18.3. The van der Waals surface area contributed by atoms with Crippen molar-refractivity contribution in [1.82, 2.24) is 5.32 Å². The smallest absolute Gasteiger partial charge is 0.416 e. The lowest BCUT2D eigenvalue weighted by atomic mass is 9.76. The highest BCUT2D eigenvalue weighted by Crippen LogP contribution is 2.48. The van der Waals surface area contributed by atoms with Crippen LogP contribution in [0.25, 0.3) is 5.57 Å². The van der Waals surface area contributed by atoms with Crippen LogP contribution in [0.5, 0.6) is 11.5 Å². The molecule has 37 heavy (non-hydrogen) atoms. The number of nitrogens with one attached hydrogen (secondary N) is 1. The standard InChI is InChI=1S/C25H21F7N2O3/c1-2-36-21-9-4-15(12-20(21)26)18-13-23(25(30,31)32,34-22(35)19(18)14-33)16-5-7-17(8-6-16)37-11-3-10-24(27,28)29/h4-9,12H,2-3,10-11,13H2,1H3,(H,34,35). The highest BCUT2D eigenvalue weighted by molar-refractivity contribution is 6.07. The topological polar surface area (TPSA) is 71.3 Å². The fourth-order valence-corrected chi connectivity index (χ4v) is 3.92. The first-order chi connectivity index (χ1) is 17.3. The summed E-state index contributed by atoms with van der Waals surface area (Å²) < 4.78 is 105. The Labute approximate surface area is 207 Å². The lowest BCUT2D eigenvalue weighted by Crippen LogP contribution is -2.58. The Kier molecular flexibility index (Phi) is 8.05. The molecule has 0 bridgehead atoms. The molecule has 198 valence electrons. The number of nitriles is 1. The number of halogens is 7. The molecule has 1 N–H and O–H groups in total. The first-order valence-electron chi connectivity index (χ1n) is 11.1. The Morgan fingerprint density at radius 1 is 1.05 bits per heavy atom. The fourth-order valence-electron chi connectivity index (χ4n) is 3.92. The molecule has 5 nitrogen and oxygen atoms in total. The van der Waals surface area contributed by atoms with Crippen molar-refractivity contribution in [3.63, 3.8) is 0 Å². The molecule has 0 saturated carbocycles. The summed E-state index contributed by atoms with van der Waals surface area (Å²) >= 11 is 0. The zero-order valence-electron chi connectivity index (χ0n) is 19.4. The summed E-state index contributed by atoms with van der Waals surface area (Å²) in [6, 6.07) is 9.29. The van der Waals surface area contributed by atoms with Crippen molar-refractivity contribution in [3.05, 3.63) is 65.0 Å². The minimum atomic E-state index is -5.05. The molecule has 1 amide bonds. The highest BCUT2D eigenvalue weighted by Gasteiger charge is 2.59. The van der Waals surface area contributed by atoms with Crippen molar-refractivity contribution in [2.75, 3.05) is 13.2 Å². The molecule has 1 unspecified atom stereocenters. The first-order valence-corrected chi connectivity index (χ1v) is 11.1. The highest BCUT2D eigenvalue weighted by atomic mass is 19.4. The van der Waals surface area contributed by atoms with Gasteiger partial charge in [0.05, 0.1) is 13.2 Å². The SMILES string of the molecule is CCOc1ccc(C2=C(C#N)C(=O)NC(c3ccc(OCCCC(F)(F)F)cc3)(C(F)(F)F)C2)cc1F. The summed E-state index contributed by atoms with van der Waals surface area (Å²) in [5.74, 6) is -2.27. The summed E-state index contributed by atoms with van der Waals surface area (Å²) in [7, 11) is 0. The number of carbonyl (C=O) groups excluding carboxylic acids is 1. The first kappa shape index (κ1) is 27.8. The number of rotatable bonds is 8. The van der Waals surface area contributed by atoms with Gasteiger partial charge in [-0.05, 0) is 54.3 Å². The Bertz CT molecular complexity index is 1210. The predicted molar refractivity (Wildman–Crippen MR) is 118 cm³/mol. The van der Waals surface area contributed by atoms with E-state index in [0.717, 1.165) is 30.3 Å². The molecule has 1 aliphatic rings. The van der Waals surface area contributed by atoms with Gasteiger partial charge in [-0.1, -0.05) is 18.2 Å². The van der Waals surface area contributed by atoms with E-state index in [4.69, 9.17) is 9.47 Å². The van der Waals surface area contributed by atoms with Gasteiger partial charge in [-0.2, -0.15) is 31.6 Å². The molecule has 1 aliphatic heterocycles. The van der Waals surface area contributed by atoms with Crippen molar-refractivity contribution in [2.24, 2.45) is 0 Å². The summed E-state index contributed by atoms with van der Waals surface area (Å²) in [6.45, 7) is 1.46. The molecule has 1 heterocycles. The van der Waals surface area contributed by atoms with Crippen LogP contribution in [0.3, 0.4) is 0 Å². The largest absolute Gasteiger partial charge is 0.494 e. The van der Waals surface area contributed by atoms with Gasteiger partial charge in [-0.15, -0.1) is 0 Å². The molecule has 2 aromatic carbocycles. The van der Waals surface area contributed by atoms with Crippen molar-refractivity contribution in [1.29, 1.82) is 5.26 Å². The number of nitrogens with zero attached hydrogens (tertiary/aromatic N) is 1. The molecule has 3 rings (SSSR count). The summed E-state index contributed by atoms with van der Waals surface area (Å²) in [5.41, 5.74) is -4.36. The van der Waals surface area contributed by atoms with Crippen LogP contribution < -0.4 is 14.8 Å². The lowest BCUT2D eigenvalue weighted by molar-refractivity contribution is -0.201. The maximum atomic E-state index is 14.5. The molecule has 0 fully saturated rings. The summed E-state index contributed by atoms with van der Waals surface area (Å²) in [6.07, 6.45) is -11.7. The molecule has 0 aromatic heterocycles. The maximum Gasteiger partial charge on any atom is 0.416 e. The number of hydrogen-bond acceptors (Lipinski definition) is 4. The Morgan fingerprint density at radius 2 is 1.73 bits per heavy atom. The van der Waals surface area contributed by atoms with Crippen LogP contribution in [-0.4, -0.2) is 31.5 Å². The molecule has 2 aromatic rings. The zero-order chi connectivity index (χ0) is 27.4. The van der Waals surface area contributed by atoms with Crippen molar-refractivity contribution < 1.29 is 45.0 Å². The van der Waals surface area contributed by atoms with Gasteiger partial charge in [0.2, 0.25) is 0 Å². The van der Waals surface area contributed by atoms with E-state index in [1.165, 1.54) is 12.1 Å². The Hall–Kier alpha value is -3.75. The second-order valence-corrected chi connectivity index (χ2v) is 8.17. The molecule has 12 heteroatoms. The van der Waals surface area contributed by atoms with Gasteiger partial charge in [-0.3, -0.25) is 4.79 Å². The van der Waals surface area contributed by atoms with Crippen molar-refractivity contribution in [2.45, 2.75) is 44.1 Å². The van der Waals surface area contributed by atoms with Gasteiger partial charge < -0.3 is 14.8 Å². The number of ether oxygens (including phenoxy) is 2. The van der Waals surface area contributed by atoms with Crippen LogP contribution >= 0.6 is 0 Å². The number of carbonyl (C=O) groups is 1. The summed E-state index contributed by atoms with van der Waals surface area (Å²) in [5, 5.41) is 11.4. The van der Waals surface area contributed by atoms with E-state index < -0.39 is 53.6 Å². The van der Waals surface area contributed by atoms with Gasteiger partial charge >= 0.3 is 12.4 Å². The van der Waals surface area contributed by atoms with Gasteiger partial charge in [0.1, 0.15) is 17.4 Å². The summed E-state index contributed by atoms with van der Waals surface area (Å²) in [4.78, 5) is 12.7. The second-order valence-electron chi connectivity index (χ2n) is 8.17. The lowest BCUT2D eigenvalue weighted by Gasteiger charge is -2.40. The van der Waals surface area contributed by atoms with Crippen LogP contribution in [0.2, 0.25) is 0 Å². The van der Waals surface area contributed by atoms with Gasteiger partial charge in [0.15, 0.2) is 17.1 Å². The van der Waals surface area contributed by atoms with E-state index in [-0.39, 0.29) is 42.3 Å². The average molecular weight is 530 g/mol. The van der Waals surface area contributed by atoms with Crippen LogP contribution in [0.1, 0.15) is 37.3 Å². The fraction of sp³-hybridized carbons (Fsp3) is 0.360. The Morgan fingerprint density at radius 3 is 2.27 bits per heavy atom. The van der Waals surface area contributed by atoms with Crippen LogP contribution in [-0.2, 0) is 10.3 Å². The molecule has 0 radical (unpaired) electrons. The van der Waals surface area contributed by atoms with E-state index in [1.54, 1.807) is 13.0 Å². The minimum Gasteiger partial charge on any atom is -0.494 e. The molecule has 0 saturated heterocycles. The van der Waals surface area contributed by atoms with E-state index in [1.807, 2.05) is 5.32 Å². The number of hydrogen-bond donors (Lipinski definition) is 1. The third-order valence-corrected chi connectivity index (χ3v) is 5.69. The molecular formula is C25H21F7N2O3. The Balaban J connectivity index is 1.96. The third kappa shape index (κ3) is 6.15. The monoisotopic (exact) mass is 530 g/mol. The number of benzene rings is 2. The van der Waals surface area contributed by atoms with E-state index >= 15 is 0 Å². The van der Waals surface area contributed by atoms with Crippen LogP contribution in [0, 0.1) is 17.1 Å². The van der Waals surface area contributed by atoms with E-state index in [0.29, 0.717) is 0 Å². The molecule has 0 spiro atoms. The zero-order valence-corrected chi connectivity index (χ0v) is 19.4. The number of amides is 1. The maximum absolute atomic E-state index is 14.5. The van der Waals surface area contributed by atoms with Crippen LogP contribution in [0.4, 0.5) is 30.7 Å². The van der Waals surface area contributed by atoms with Gasteiger partial charge in [0.25, 0.3) is 5.91 Å². The molecule has 0 aliphatic carbocycles. The average Bonchev–Trinajstić information content (AvgIpc) is 2.82. The van der Waals surface area contributed by atoms with E-state index in [9.17, 15) is 40.8 Å². The van der Waals surface area contributed by atoms with Gasteiger partial charge in [-0.25, -0.2) is 4.39 Å². The predicted octanol–water partition coefficient (Wildman–Crippen LogP) is 6.20. The number of alkyl halides is 6.